The number of nitrogens with zero attached hydrogens (tertiary/aromatic N) is 1. The summed E-state index contributed by atoms with van der Waals surface area (Å²) in [6.45, 7) is 2.79. The lowest BCUT2D eigenvalue weighted by Crippen LogP contribution is -2.01. The zero-order chi connectivity index (χ0) is 14.8. The van der Waals surface area contributed by atoms with Gasteiger partial charge in [0.2, 0.25) is 0 Å². The minimum absolute atomic E-state index is 0.709. The summed E-state index contributed by atoms with van der Waals surface area (Å²) in [5.41, 5.74) is 4.32. The van der Waals surface area contributed by atoms with Crippen LogP contribution in [0.2, 0.25) is 5.02 Å². The molecule has 0 saturated carbocycles. The number of fused-ring (bicyclic) bond motifs is 1. The Morgan fingerprint density at radius 2 is 2.05 bits per heavy atom. The van der Waals surface area contributed by atoms with Gasteiger partial charge < -0.3 is 5.32 Å². The van der Waals surface area contributed by atoms with Crippen LogP contribution in [0, 0.1) is 6.92 Å². The highest BCUT2D eigenvalue weighted by atomic mass is 79.9. The molecule has 0 atom stereocenters. The van der Waals surface area contributed by atoms with E-state index < -0.39 is 0 Å². The maximum atomic E-state index is 6.18. The molecule has 0 bridgehead atoms. The van der Waals surface area contributed by atoms with E-state index in [4.69, 9.17) is 11.6 Å². The lowest BCUT2D eigenvalue weighted by Gasteiger charge is -2.11. The van der Waals surface area contributed by atoms with Crippen molar-refractivity contribution in [2.24, 2.45) is 0 Å². The first-order chi connectivity index (χ1) is 10.1. The standard InChI is InChI=1S/C17H14BrClN2/c1-11-4-5-13(15(18)7-11)10-21-16-9-14(19)8-12-3-2-6-20-17(12)16/h2-9,21H,10H2,1H3. The number of benzene rings is 2. The monoisotopic (exact) mass is 360 g/mol. The van der Waals surface area contributed by atoms with Gasteiger partial charge in [0, 0.05) is 27.6 Å². The van der Waals surface area contributed by atoms with Crippen LogP contribution in [0.1, 0.15) is 11.1 Å². The number of halogens is 2. The van der Waals surface area contributed by atoms with E-state index in [2.05, 4.69) is 51.4 Å². The van der Waals surface area contributed by atoms with Crippen molar-refractivity contribution in [3.63, 3.8) is 0 Å². The highest BCUT2D eigenvalue weighted by Gasteiger charge is 2.06. The number of hydrogen-bond acceptors (Lipinski definition) is 2. The van der Waals surface area contributed by atoms with Gasteiger partial charge in [-0.05, 0) is 42.3 Å². The molecule has 106 valence electrons. The molecule has 4 heteroatoms. The molecule has 0 unspecified atom stereocenters. The molecule has 0 fully saturated rings. The van der Waals surface area contributed by atoms with Crippen LogP contribution in [0.5, 0.6) is 0 Å². The van der Waals surface area contributed by atoms with E-state index in [-0.39, 0.29) is 0 Å². The highest BCUT2D eigenvalue weighted by molar-refractivity contribution is 9.10. The van der Waals surface area contributed by atoms with Gasteiger partial charge in [0.1, 0.15) is 0 Å². The van der Waals surface area contributed by atoms with Gasteiger partial charge in [-0.2, -0.15) is 0 Å². The molecular weight excluding hydrogens is 348 g/mol. The molecule has 0 spiro atoms. The molecule has 1 aromatic heterocycles. The number of anilines is 1. The van der Waals surface area contributed by atoms with Crippen molar-refractivity contribution in [1.82, 2.24) is 4.98 Å². The average molecular weight is 362 g/mol. The van der Waals surface area contributed by atoms with Gasteiger partial charge in [-0.1, -0.05) is 45.7 Å². The van der Waals surface area contributed by atoms with Crippen molar-refractivity contribution in [2.75, 3.05) is 5.32 Å². The Labute approximate surface area is 137 Å². The lowest BCUT2D eigenvalue weighted by atomic mass is 10.1. The maximum absolute atomic E-state index is 6.18. The third-order valence-electron chi connectivity index (χ3n) is 3.35. The van der Waals surface area contributed by atoms with E-state index in [1.54, 1.807) is 6.20 Å². The summed E-state index contributed by atoms with van der Waals surface area (Å²) in [7, 11) is 0. The molecule has 0 aliphatic rings. The van der Waals surface area contributed by atoms with Crippen LogP contribution in [0.25, 0.3) is 10.9 Å². The molecule has 3 rings (SSSR count). The largest absolute Gasteiger partial charge is 0.379 e. The highest BCUT2D eigenvalue weighted by Crippen LogP contribution is 2.27. The number of hydrogen-bond donors (Lipinski definition) is 1. The van der Waals surface area contributed by atoms with E-state index in [0.717, 1.165) is 21.1 Å². The lowest BCUT2D eigenvalue weighted by molar-refractivity contribution is 1.13. The Hall–Kier alpha value is -1.58. The van der Waals surface area contributed by atoms with E-state index in [9.17, 15) is 0 Å². The van der Waals surface area contributed by atoms with Crippen molar-refractivity contribution < 1.29 is 0 Å². The Morgan fingerprint density at radius 3 is 2.86 bits per heavy atom. The summed E-state index contributed by atoms with van der Waals surface area (Å²) < 4.78 is 1.11. The second-order valence-electron chi connectivity index (χ2n) is 4.98. The minimum Gasteiger partial charge on any atom is -0.379 e. The zero-order valence-electron chi connectivity index (χ0n) is 11.5. The van der Waals surface area contributed by atoms with Crippen molar-refractivity contribution in [2.45, 2.75) is 13.5 Å². The van der Waals surface area contributed by atoms with Gasteiger partial charge in [0.25, 0.3) is 0 Å². The minimum atomic E-state index is 0.709. The number of aromatic nitrogens is 1. The third kappa shape index (κ3) is 3.20. The van der Waals surface area contributed by atoms with Gasteiger partial charge in [0.05, 0.1) is 11.2 Å². The summed E-state index contributed by atoms with van der Waals surface area (Å²) in [5, 5.41) is 5.17. The molecule has 0 radical (unpaired) electrons. The summed E-state index contributed by atoms with van der Waals surface area (Å²) in [6, 6.07) is 14.1. The predicted molar refractivity (Wildman–Crippen MR) is 93.0 cm³/mol. The topological polar surface area (TPSA) is 24.9 Å². The predicted octanol–water partition coefficient (Wildman–Crippen LogP) is 5.57. The molecule has 1 heterocycles. The summed E-state index contributed by atoms with van der Waals surface area (Å²) in [6.07, 6.45) is 1.79. The van der Waals surface area contributed by atoms with Gasteiger partial charge in [-0.3, -0.25) is 4.98 Å². The smallest absolute Gasteiger partial charge is 0.0934 e. The Bertz CT molecular complexity index is 802. The van der Waals surface area contributed by atoms with Crippen molar-refractivity contribution in [3.8, 4) is 0 Å². The van der Waals surface area contributed by atoms with Gasteiger partial charge in [-0.15, -0.1) is 0 Å². The molecule has 0 saturated heterocycles. The van der Waals surface area contributed by atoms with Crippen molar-refractivity contribution in [1.29, 1.82) is 0 Å². The number of aryl methyl sites for hydroxylation is 1. The number of rotatable bonds is 3. The van der Waals surface area contributed by atoms with Crippen LogP contribution in [-0.2, 0) is 6.54 Å². The van der Waals surface area contributed by atoms with Crippen LogP contribution in [0.4, 0.5) is 5.69 Å². The average Bonchev–Trinajstić information content (AvgIpc) is 2.46. The fraction of sp³-hybridized carbons (Fsp3) is 0.118. The van der Waals surface area contributed by atoms with Gasteiger partial charge >= 0.3 is 0 Å². The first kappa shape index (κ1) is 14.4. The Morgan fingerprint density at radius 1 is 1.19 bits per heavy atom. The van der Waals surface area contributed by atoms with E-state index in [1.807, 2.05) is 24.3 Å². The Balaban J connectivity index is 1.91. The second-order valence-corrected chi connectivity index (χ2v) is 6.27. The molecule has 0 aliphatic heterocycles. The molecule has 0 aliphatic carbocycles. The fourth-order valence-corrected chi connectivity index (χ4v) is 3.14. The van der Waals surface area contributed by atoms with Crippen LogP contribution >= 0.6 is 27.5 Å². The molecule has 2 nitrogen and oxygen atoms in total. The van der Waals surface area contributed by atoms with Gasteiger partial charge in [-0.25, -0.2) is 0 Å². The summed E-state index contributed by atoms with van der Waals surface area (Å²) >= 11 is 9.78. The SMILES string of the molecule is Cc1ccc(CNc2cc(Cl)cc3cccnc23)c(Br)c1. The van der Waals surface area contributed by atoms with Crippen LogP contribution in [0.3, 0.4) is 0 Å². The van der Waals surface area contributed by atoms with Crippen molar-refractivity contribution >= 4 is 44.1 Å². The van der Waals surface area contributed by atoms with E-state index in [1.165, 1.54) is 11.1 Å². The summed E-state index contributed by atoms with van der Waals surface area (Å²) in [5.74, 6) is 0. The third-order valence-corrected chi connectivity index (χ3v) is 4.30. The van der Waals surface area contributed by atoms with Crippen LogP contribution in [0.15, 0.2) is 53.1 Å². The Kier molecular flexibility index (Phi) is 4.13. The molecular formula is C17H14BrClN2. The van der Waals surface area contributed by atoms with E-state index in [0.29, 0.717) is 11.6 Å². The molecule has 3 aromatic rings. The number of pyridine rings is 1. The molecule has 1 N–H and O–H groups in total. The normalized spacial score (nSPS) is 10.8. The molecule has 2 aromatic carbocycles. The van der Waals surface area contributed by atoms with E-state index >= 15 is 0 Å². The van der Waals surface area contributed by atoms with Gasteiger partial charge in [0.15, 0.2) is 0 Å². The molecule has 0 amide bonds. The first-order valence-corrected chi connectivity index (χ1v) is 7.84. The van der Waals surface area contributed by atoms with Crippen LogP contribution < -0.4 is 5.32 Å². The van der Waals surface area contributed by atoms with Crippen LogP contribution in [-0.4, -0.2) is 4.98 Å². The first-order valence-electron chi connectivity index (χ1n) is 6.66. The second kappa shape index (κ2) is 6.04. The fourth-order valence-electron chi connectivity index (χ4n) is 2.28. The maximum Gasteiger partial charge on any atom is 0.0934 e. The van der Waals surface area contributed by atoms with Crippen molar-refractivity contribution in [3.05, 3.63) is 69.3 Å². The number of nitrogens with one attached hydrogen (secondary N) is 1. The molecule has 21 heavy (non-hydrogen) atoms. The quantitative estimate of drug-likeness (QED) is 0.659. The summed E-state index contributed by atoms with van der Waals surface area (Å²) in [4.78, 5) is 4.44. The zero-order valence-corrected chi connectivity index (χ0v) is 13.9.